The van der Waals surface area contributed by atoms with Gasteiger partial charge in [0.05, 0.1) is 22.0 Å². The topological polar surface area (TPSA) is 100 Å². The SMILES string of the molecule is O=[N+]([O-])C1=Cc2nc1c(-c1ccccc1)c1ccc([nH]1)c(-c1ccccc1)c1ccc([nH]1)c(-c1ccccc1)c1nc(c2-c2ccccc2)C=C1. The number of aromatic amines is 2. The van der Waals surface area contributed by atoms with E-state index in [1.807, 2.05) is 121 Å². The van der Waals surface area contributed by atoms with E-state index in [9.17, 15) is 10.1 Å². The van der Waals surface area contributed by atoms with Gasteiger partial charge in [-0.25, -0.2) is 9.97 Å². The van der Waals surface area contributed by atoms with E-state index in [2.05, 4.69) is 46.4 Å². The number of benzene rings is 4. The number of nitrogens with zero attached hydrogens (tertiary/aromatic N) is 3. The van der Waals surface area contributed by atoms with Gasteiger partial charge in [0.25, 0.3) is 5.70 Å². The fourth-order valence-corrected chi connectivity index (χ4v) is 7.04. The lowest BCUT2D eigenvalue weighted by Crippen LogP contribution is -1.98. The van der Waals surface area contributed by atoms with Crippen LogP contribution in [0.4, 0.5) is 0 Å². The molecule has 0 radical (unpaired) electrons. The fraction of sp³-hybridized carbons (Fsp3) is 0. The highest BCUT2D eigenvalue weighted by Gasteiger charge is 2.29. The van der Waals surface area contributed by atoms with Crippen molar-refractivity contribution in [2.45, 2.75) is 0 Å². The standard InChI is InChI=1S/C44H29N5O2/c50-49(51)39-27-38-42(30-17-9-3-10-18-30)36-24-23-34(46-36)40(28-13-5-1-6-14-28)32-21-22-33(45-32)41(29-15-7-2-8-16-29)35-25-26-37(47-35)43(44(39)48-38)31-19-11-4-12-20-31/h1-27,45,47H. The van der Waals surface area contributed by atoms with Gasteiger partial charge in [0.2, 0.25) is 0 Å². The number of aromatic nitrogens is 4. The Labute approximate surface area is 293 Å². The van der Waals surface area contributed by atoms with Crippen molar-refractivity contribution >= 4 is 46.0 Å². The molecule has 0 saturated heterocycles. The molecule has 2 aliphatic rings. The van der Waals surface area contributed by atoms with Gasteiger partial charge in [0.15, 0.2) is 5.69 Å². The highest BCUT2D eigenvalue weighted by Crippen LogP contribution is 2.40. The van der Waals surface area contributed by atoms with E-state index in [-0.39, 0.29) is 16.3 Å². The summed E-state index contributed by atoms with van der Waals surface area (Å²) < 4.78 is 0. The summed E-state index contributed by atoms with van der Waals surface area (Å²) in [4.78, 5) is 30.3. The van der Waals surface area contributed by atoms with Crippen LogP contribution < -0.4 is 0 Å². The van der Waals surface area contributed by atoms with E-state index in [0.29, 0.717) is 28.0 Å². The first-order valence-corrected chi connectivity index (χ1v) is 16.7. The molecule has 7 heteroatoms. The van der Waals surface area contributed by atoms with Crippen molar-refractivity contribution in [2.75, 3.05) is 0 Å². The molecule has 0 amide bonds. The maximum Gasteiger partial charge on any atom is 0.297 e. The Kier molecular flexibility index (Phi) is 7.29. The number of hydrogen-bond donors (Lipinski definition) is 2. The van der Waals surface area contributed by atoms with Crippen LogP contribution in [0.3, 0.4) is 0 Å². The van der Waals surface area contributed by atoms with Gasteiger partial charge in [0, 0.05) is 50.4 Å². The van der Waals surface area contributed by atoms with Crippen LogP contribution >= 0.6 is 0 Å². The van der Waals surface area contributed by atoms with Crippen LogP contribution in [-0.4, -0.2) is 24.9 Å². The molecule has 0 saturated carbocycles. The van der Waals surface area contributed by atoms with E-state index in [1.165, 1.54) is 0 Å². The summed E-state index contributed by atoms with van der Waals surface area (Å²) in [7, 11) is 0. The Morgan fingerprint density at radius 2 is 0.824 bits per heavy atom. The average Bonchev–Trinajstić information content (AvgIpc) is 4.00. The lowest BCUT2D eigenvalue weighted by atomic mass is 10.0. The maximum atomic E-state index is 12.9. The molecule has 2 aliphatic heterocycles. The fourth-order valence-electron chi connectivity index (χ4n) is 7.04. The third-order valence-electron chi connectivity index (χ3n) is 9.29. The van der Waals surface area contributed by atoms with E-state index >= 15 is 0 Å². The Bertz CT molecular complexity index is 2690. The molecule has 0 atom stereocenters. The number of H-pyrrole nitrogens is 2. The maximum absolute atomic E-state index is 12.9. The van der Waals surface area contributed by atoms with Crippen molar-refractivity contribution in [2.24, 2.45) is 0 Å². The van der Waals surface area contributed by atoms with Gasteiger partial charge in [-0.15, -0.1) is 0 Å². The lowest BCUT2D eigenvalue weighted by Gasteiger charge is -2.06. The molecule has 7 nitrogen and oxygen atoms in total. The van der Waals surface area contributed by atoms with Gasteiger partial charge in [-0.3, -0.25) is 10.1 Å². The molecule has 0 spiro atoms. The van der Waals surface area contributed by atoms with Crippen LogP contribution in [0.15, 0.2) is 146 Å². The minimum Gasteiger partial charge on any atom is -0.354 e. The van der Waals surface area contributed by atoms with Gasteiger partial charge >= 0.3 is 0 Å². The molecule has 242 valence electrons. The summed E-state index contributed by atoms with van der Waals surface area (Å²) in [5, 5.41) is 12.9. The number of nitrogens with one attached hydrogen (secondary N) is 2. The summed E-state index contributed by atoms with van der Waals surface area (Å²) in [6.45, 7) is 0. The molecular weight excluding hydrogens is 631 g/mol. The first kappa shape index (κ1) is 30.0. The van der Waals surface area contributed by atoms with Crippen LogP contribution in [0.1, 0.15) is 22.8 Å². The van der Waals surface area contributed by atoms with Crippen LogP contribution in [0.5, 0.6) is 0 Å². The molecule has 2 N–H and O–H groups in total. The van der Waals surface area contributed by atoms with Gasteiger partial charge in [0.1, 0.15) is 0 Å². The predicted octanol–water partition coefficient (Wildman–Crippen LogP) is 10.9. The van der Waals surface area contributed by atoms with Gasteiger partial charge in [-0.1, -0.05) is 121 Å². The quantitative estimate of drug-likeness (QED) is 0.142. The molecule has 0 unspecified atom stereocenters. The number of hydrogen-bond acceptors (Lipinski definition) is 4. The monoisotopic (exact) mass is 659 g/mol. The molecular formula is C44H29N5O2. The molecule has 9 rings (SSSR count). The van der Waals surface area contributed by atoms with Crippen LogP contribution in [-0.2, 0) is 0 Å². The summed E-state index contributed by atoms with van der Waals surface area (Å²) in [6, 6.07) is 48.2. The second kappa shape index (κ2) is 12.4. The summed E-state index contributed by atoms with van der Waals surface area (Å²) in [5.41, 5.74) is 12.4. The third-order valence-corrected chi connectivity index (χ3v) is 9.29. The van der Waals surface area contributed by atoms with E-state index < -0.39 is 0 Å². The van der Waals surface area contributed by atoms with E-state index in [1.54, 1.807) is 6.08 Å². The van der Waals surface area contributed by atoms with Crippen LogP contribution in [0.2, 0.25) is 0 Å². The Morgan fingerprint density at radius 3 is 1.31 bits per heavy atom. The molecule has 3 aromatic heterocycles. The second-order valence-corrected chi connectivity index (χ2v) is 12.4. The zero-order valence-electron chi connectivity index (χ0n) is 27.2. The van der Waals surface area contributed by atoms with Crippen molar-refractivity contribution in [1.29, 1.82) is 0 Å². The Morgan fingerprint density at radius 1 is 0.431 bits per heavy atom. The van der Waals surface area contributed by atoms with Gasteiger partial charge in [-0.05, 0) is 58.7 Å². The van der Waals surface area contributed by atoms with E-state index in [4.69, 9.17) is 9.97 Å². The second-order valence-electron chi connectivity index (χ2n) is 12.4. The Hall–Kier alpha value is -7.12. The Balaban J connectivity index is 1.52. The molecule has 0 aliphatic carbocycles. The minimum absolute atomic E-state index is 0.0816. The molecule has 0 fully saturated rings. The molecule has 4 aromatic carbocycles. The first-order valence-electron chi connectivity index (χ1n) is 16.7. The smallest absolute Gasteiger partial charge is 0.297 e. The summed E-state index contributed by atoms with van der Waals surface area (Å²) >= 11 is 0. The number of nitro groups is 1. The van der Waals surface area contributed by atoms with Crippen molar-refractivity contribution in [1.82, 2.24) is 19.9 Å². The highest BCUT2D eigenvalue weighted by molar-refractivity contribution is 6.01. The molecule has 8 bridgehead atoms. The molecule has 51 heavy (non-hydrogen) atoms. The normalized spacial score (nSPS) is 12.1. The van der Waals surface area contributed by atoms with Crippen molar-refractivity contribution < 1.29 is 4.92 Å². The van der Waals surface area contributed by atoms with Crippen LogP contribution in [0, 0.1) is 10.1 Å². The minimum atomic E-state index is -0.345. The van der Waals surface area contributed by atoms with Crippen molar-refractivity contribution in [3.63, 3.8) is 0 Å². The predicted molar refractivity (Wildman–Crippen MR) is 207 cm³/mol. The largest absolute Gasteiger partial charge is 0.354 e. The zero-order chi connectivity index (χ0) is 34.3. The average molecular weight is 660 g/mol. The lowest BCUT2D eigenvalue weighted by molar-refractivity contribution is -0.374. The number of fused-ring (bicyclic) bond motifs is 8. The van der Waals surface area contributed by atoms with Crippen LogP contribution in [0.25, 0.3) is 90.5 Å². The van der Waals surface area contributed by atoms with E-state index in [0.717, 1.165) is 55.6 Å². The summed E-state index contributed by atoms with van der Waals surface area (Å²) in [6.07, 6.45) is 5.57. The highest BCUT2D eigenvalue weighted by atomic mass is 16.6. The van der Waals surface area contributed by atoms with Gasteiger partial charge in [-0.2, -0.15) is 0 Å². The number of rotatable bonds is 5. The van der Waals surface area contributed by atoms with Crippen molar-refractivity contribution in [3.05, 3.63) is 178 Å². The third kappa shape index (κ3) is 5.34. The van der Waals surface area contributed by atoms with Gasteiger partial charge < -0.3 is 9.97 Å². The molecule has 5 heterocycles. The summed E-state index contributed by atoms with van der Waals surface area (Å²) in [5.74, 6) is 0. The zero-order valence-corrected chi connectivity index (χ0v) is 27.2. The first-order chi connectivity index (χ1) is 25.1. The van der Waals surface area contributed by atoms with Crippen molar-refractivity contribution in [3.8, 4) is 44.5 Å². The molecule has 7 aromatic rings.